The average Bonchev–Trinajstić information content (AvgIpc) is 2.99. The molecular weight excluding hydrogens is 351 g/mol. The molecule has 0 saturated heterocycles. The molecule has 1 aromatic rings. The predicted octanol–water partition coefficient (Wildman–Crippen LogP) is 2.24. The second-order valence-corrected chi connectivity index (χ2v) is 5.98. The average molecular weight is 371 g/mol. The van der Waals surface area contributed by atoms with Crippen molar-refractivity contribution in [3.8, 4) is 5.75 Å². The summed E-state index contributed by atoms with van der Waals surface area (Å²) < 4.78 is 41.0. The third-order valence-corrected chi connectivity index (χ3v) is 3.76. The summed E-state index contributed by atoms with van der Waals surface area (Å²) in [7, 11) is 1.80. The molecule has 0 fully saturated rings. The zero-order chi connectivity index (χ0) is 19.2. The van der Waals surface area contributed by atoms with Crippen molar-refractivity contribution in [2.24, 2.45) is 4.99 Å². The molecule has 1 unspecified atom stereocenters. The van der Waals surface area contributed by atoms with Gasteiger partial charge in [0.1, 0.15) is 18.1 Å². The molecule has 9 heteroatoms. The van der Waals surface area contributed by atoms with Crippen molar-refractivity contribution in [1.29, 1.82) is 0 Å². The number of unbranched alkanes of at least 4 members (excludes halogenated alkanes) is 1. The fourth-order valence-corrected chi connectivity index (χ4v) is 2.61. The molecule has 1 aliphatic rings. The normalized spacial score (nSPS) is 16.6. The van der Waals surface area contributed by atoms with E-state index < -0.39 is 12.4 Å². The Balaban J connectivity index is 2.10. The van der Waals surface area contributed by atoms with Gasteiger partial charge in [-0.1, -0.05) is 12.1 Å². The maximum Gasteiger partial charge on any atom is 0.573 e. The molecule has 1 aliphatic heterocycles. The zero-order valence-electron chi connectivity index (χ0n) is 14.3. The molecule has 0 spiro atoms. The first kappa shape index (κ1) is 19.7. The number of hydrogen-bond acceptors (Lipinski definition) is 5. The minimum Gasteiger partial charge on any atom is -0.406 e. The quantitative estimate of drug-likeness (QED) is 0.519. The lowest BCUT2D eigenvalue weighted by atomic mass is 10.1. The maximum absolute atomic E-state index is 12.7. The van der Waals surface area contributed by atoms with E-state index in [1.807, 2.05) is 0 Å². The molecule has 1 aromatic carbocycles. The summed E-state index contributed by atoms with van der Waals surface area (Å²) in [6.07, 6.45) is -1.66. The van der Waals surface area contributed by atoms with Gasteiger partial charge in [-0.2, -0.15) is 0 Å². The maximum atomic E-state index is 12.7. The van der Waals surface area contributed by atoms with E-state index in [0.29, 0.717) is 31.5 Å². The van der Waals surface area contributed by atoms with Gasteiger partial charge in [-0.15, -0.1) is 13.2 Å². The molecule has 1 heterocycles. The van der Waals surface area contributed by atoms with Crippen molar-refractivity contribution >= 4 is 18.5 Å². The first-order chi connectivity index (χ1) is 12.3. The van der Waals surface area contributed by atoms with Crippen LogP contribution in [0.15, 0.2) is 29.3 Å². The Hall–Kier alpha value is -2.58. The number of hydrogen-bond donors (Lipinski definition) is 0. The number of benzene rings is 1. The summed E-state index contributed by atoms with van der Waals surface area (Å²) in [5.41, 5.74) is 0.501. The highest BCUT2D eigenvalue weighted by atomic mass is 19.4. The SMILES string of the molecule is CN1C=NC(C(=O)N(CCCC=O)Cc2cccc(OC(F)(F)F)c2)C1. The highest BCUT2D eigenvalue weighted by Crippen LogP contribution is 2.24. The standard InChI is InChI=1S/C17H20F3N3O3/c1-22-11-15(21-12-22)16(25)23(7-2-3-8-24)10-13-5-4-6-14(9-13)26-17(18,19)20/h4-6,8-9,12,15H,2-3,7,10-11H2,1H3. The van der Waals surface area contributed by atoms with Crippen LogP contribution in [0.2, 0.25) is 0 Å². The molecule has 142 valence electrons. The van der Waals surface area contributed by atoms with Crippen molar-refractivity contribution in [3.05, 3.63) is 29.8 Å². The topological polar surface area (TPSA) is 62.2 Å². The highest BCUT2D eigenvalue weighted by molar-refractivity contribution is 5.85. The summed E-state index contributed by atoms with van der Waals surface area (Å²) in [4.78, 5) is 30.7. The van der Waals surface area contributed by atoms with E-state index >= 15 is 0 Å². The molecular formula is C17H20F3N3O3. The van der Waals surface area contributed by atoms with Gasteiger partial charge in [0.25, 0.3) is 0 Å². The second kappa shape index (κ2) is 8.68. The largest absolute Gasteiger partial charge is 0.573 e. The lowest BCUT2D eigenvalue weighted by molar-refractivity contribution is -0.274. The Labute approximate surface area is 149 Å². The van der Waals surface area contributed by atoms with Gasteiger partial charge in [0.05, 0.1) is 6.34 Å². The van der Waals surface area contributed by atoms with Crippen LogP contribution in [0.25, 0.3) is 0 Å². The van der Waals surface area contributed by atoms with E-state index in [1.54, 1.807) is 24.4 Å². The molecule has 0 aliphatic carbocycles. The molecule has 2 rings (SSSR count). The lowest BCUT2D eigenvalue weighted by Gasteiger charge is -2.25. The minimum absolute atomic E-state index is 0.114. The monoisotopic (exact) mass is 371 g/mol. The number of alkyl halides is 3. The Morgan fingerprint density at radius 1 is 1.46 bits per heavy atom. The number of amides is 1. The molecule has 0 saturated carbocycles. The van der Waals surface area contributed by atoms with Gasteiger partial charge < -0.3 is 19.3 Å². The first-order valence-electron chi connectivity index (χ1n) is 8.09. The summed E-state index contributed by atoms with van der Waals surface area (Å²) in [5.74, 6) is -0.562. The van der Waals surface area contributed by atoms with Gasteiger partial charge in [0, 0.05) is 33.1 Å². The van der Waals surface area contributed by atoms with E-state index in [2.05, 4.69) is 9.73 Å². The summed E-state index contributed by atoms with van der Waals surface area (Å²) in [6, 6.07) is 4.95. The second-order valence-electron chi connectivity index (χ2n) is 5.98. The molecule has 1 amide bonds. The predicted molar refractivity (Wildman–Crippen MR) is 88.8 cm³/mol. The van der Waals surface area contributed by atoms with Gasteiger partial charge in [-0.05, 0) is 24.1 Å². The number of nitrogens with zero attached hydrogens (tertiary/aromatic N) is 3. The van der Waals surface area contributed by atoms with Gasteiger partial charge in [-0.3, -0.25) is 9.79 Å². The number of halogens is 3. The van der Waals surface area contributed by atoms with Crippen LogP contribution in [-0.2, 0) is 16.1 Å². The lowest BCUT2D eigenvalue weighted by Crippen LogP contribution is -2.40. The summed E-state index contributed by atoms with van der Waals surface area (Å²) in [6.45, 7) is 0.875. The van der Waals surface area contributed by atoms with Crippen LogP contribution in [0.5, 0.6) is 5.75 Å². The van der Waals surface area contributed by atoms with Crippen molar-refractivity contribution in [1.82, 2.24) is 9.80 Å². The number of rotatable bonds is 8. The molecule has 6 nitrogen and oxygen atoms in total. The molecule has 0 radical (unpaired) electrons. The summed E-state index contributed by atoms with van der Waals surface area (Å²) >= 11 is 0. The highest BCUT2D eigenvalue weighted by Gasteiger charge is 2.31. The molecule has 0 N–H and O–H groups in total. The Bertz CT molecular complexity index is 664. The number of aliphatic imine (C=N–C) groups is 1. The fraction of sp³-hybridized carbons (Fsp3) is 0.471. The number of aldehydes is 1. The van der Waals surface area contributed by atoms with E-state index in [9.17, 15) is 22.8 Å². The number of carbonyl (C=O) groups excluding carboxylic acids is 2. The molecule has 1 atom stereocenters. The fourth-order valence-electron chi connectivity index (χ4n) is 2.61. The smallest absolute Gasteiger partial charge is 0.406 e. The number of carbonyl (C=O) groups is 2. The van der Waals surface area contributed by atoms with E-state index in [-0.39, 0.29) is 18.2 Å². The van der Waals surface area contributed by atoms with Crippen LogP contribution in [-0.4, -0.2) is 60.9 Å². The number of ether oxygens (including phenoxy) is 1. The van der Waals surface area contributed by atoms with Gasteiger partial charge in [0.2, 0.25) is 5.91 Å². The van der Waals surface area contributed by atoms with Crippen LogP contribution in [0.4, 0.5) is 13.2 Å². The van der Waals surface area contributed by atoms with E-state index in [1.165, 1.54) is 23.1 Å². The van der Waals surface area contributed by atoms with E-state index in [4.69, 9.17) is 0 Å². The molecule has 0 aromatic heterocycles. The van der Waals surface area contributed by atoms with Crippen LogP contribution in [0, 0.1) is 0 Å². The van der Waals surface area contributed by atoms with Crippen molar-refractivity contribution in [2.45, 2.75) is 31.8 Å². The van der Waals surface area contributed by atoms with Gasteiger partial charge in [0.15, 0.2) is 0 Å². The zero-order valence-corrected chi connectivity index (χ0v) is 14.3. The van der Waals surface area contributed by atoms with Crippen molar-refractivity contribution < 1.29 is 27.5 Å². The summed E-state index contributed by atoms with van der Waals surface area (Å²) in [5, 5.41) is 0. The number of likely N-dealkylation sites (N-methyl/N-ethyl adjacent to an activating group) is 1. The molecule has 26 heavy (non-hydrogen) atoms. The van der Waals surface area contributed by atoms with Crippen LogP contribution < -0.4 is 4.74 Å². The third kappa shape index (κ3) is 6.05. The Morgan fingerprint density at radius 3 is 2.85 bits per heavy atom. The van der Waals surface area contributed by atoms with Crippen molar-refractivity contribution in [2.75, 3.05) is 20.1 Å². The van der Waals surface area contributed by atoms with Crippen LogP contribution in [0.3, 0.4) is 0 Å². The first-order valence-corrected chi connectivity index (χ1v) is 8.09. The van der Waals surface area contributed by atoms with E-state index in [0.717, 1.165) is 6.29 Å². The third-order valence-electron chi connectivity index (χ3n) is 3.76. The Morgan fingerprint density at radius 2 is 2.23 bits per heavy atom. The van der Waals surface area contributed by atoms with Gasteiger partial charge in [-0.25, -0.2) is 0 Å². The van der Waals surface area contributed by atoms with Crippen molar-refractivity contribution in [3.63, 3.8) is 0 Å². The van der Waals surface area contributed by atoms with Gasteiger partial charge >= 0.3 is 6.36 Å². The molecule has 0 bridgehead atoms. The van der Waals surface area contributed by atoms with Crippen LogP contribution in [0.1, 0.15) is 18.4 Å². The minimum atomic E-state index is -4.78. The van der Waals surface area contributed by atoms with Crippen LogP contribution >= 0.6 is 0 Å². The Kier molecular flexibility index (Phi) is 6.59.